The van der Waals surface area contributed by atoms with Crippen LogP contribution in [0.3, 0.4) is 0 Å². The normalized spacial score (nSPS) is 35.7. The molecule has 3 saturated carbocycles. The molecule has 0 amide bonds. The number of anilines is 2. The summed E-state index contributed by atoms with van der Waals surface area (Å²) in [4.78, 5) is 4.78. The van der Waals surface area contributed by atoms with Crippen molar-refractivity contribution >= 4 is 11.4 Å². The standard InChI is InChI=1S/C37H60N2O3/c1-24(2)8-6-9-25(3)32-13-14-33-31-12-11-27-22-30(15-17-36(27,4)34(31)16-18-37(32,33)5)41-19-7-10-35(42-40)26-20-28(38)23-29(39)21-26/h11,20-21,23-25,30-35,40H,6-10,12-19,22,38-39H2,1-5H3. The summed E-state index contributed by atoms with van der Waals surface area (Å²) in [5.74, 6) is 5.26. The number of fused-ring (bicyclic) bond motifs is 5. The van der Waals surface area contributed by atoms with Gasteiger partial charge in [0.25, 0.3) is 0 Å². The van der Waals surface area contributed by atoms with E-state index in [2.05, 4.69) is 40.7 Å². The lowest BCUT2D eigenvalue weighted by Crippen LogP contribution is -2.51. The van der Waals surface area contributed by atoms with E-state index in [1.807, 2.05) is 12.1 Å². The number of benzene rings is 1. The van der Waals surface area contributed by atoms with E-state index in [1.165, 1.54) is 57.8 Å². The molecule has 0 saturated heterocycles. The zero-order valence-electron chi connectivity index (χ0n) is 27.2. The van der Waals surface area contributed by atoms with Gasteiger partial charge in [0, 0.05) is 18.0 Å². The molecule has 42 heavy (non-hydrogen) atoms. The minimum Gasteiger partial charge on any atom is -0.399 e. The summed E-state index contributed by atoms with van der Waals surface area (Å²) in [5, 5.41) is 9.50. The summed E-state index contributed by atoms with van der Waals surface area (Å²) in [6.45, 7) is 13.3. The highest BCUT2D eigenvalue weighted by atomic mass is 17.1. The van der Waals surface area contributed by atoms with Crippen molar-refractivity contribution in [2.45, 2.75) is 130 Å². The molecule has 5 N–H and O–H groups in total. The summed E-state index contributed by atoms with van der Waals surface area (Å²) in [7, 11) is 0. The average molecular weight is 581 g/mol. The van der Waals surface area contributed by atoms with Crippen LogP contribution in [-0.4, -0.2) is 18.0 Å². The van der Waals surface area contributed by atoms with Crippen LogP contribution >= 0.6 is 0 Å². The second-order valence-electron chi connectivity index (χ2n) is 15.7. The fraction of sp³-hybridized carbons (Fsp3) is 0.784. The molecule has 1 aromatic rings. The van der Waals surface area contributed by atoms with Crippen LogP contribution in [0.15, 0.2) is 29.8 Å². The lowest BCUT2D eigenvalue weighted by Gasteiger charge is -2.58. The zero-order chi connectivity index (χ0) is 30.1. The maximum atomic E-state index is 9.50. The van der Waals surface area contributed by atoms with Crippen molar-refractivity contribution in [2.24, 2.45) is 46.3 Å². The van der Waals surface area contributed by atoms with Gasteiger partial charge in [0.2, 0.25) is 0 Å². The zero-order valence-corrected chi connectivity index (χ0v) is 27.2. The summed E-state index contributed by atoms with van der Waals surface area (Å²) in [5.41, 5.74) is 16.4. The topological polar surface area (TPSA) is 90.7 Å². The largest absolute Gasteiger partial charge is 0.399 e. The Kier molecular flexibility index (Phi) is 10.0. The Morgan fingerprint density at radius 3 is 2.38 bits per heavy atom. The van der Waals surface area contributed by atoms with Crippen LogP contribution in [0, 0.1) is 46.3 Å². The van der Waals surface area contributed by atoms with Gasteiger partial charge in [-0.15, -0.1) is 0 Å². The first-order valence-electron chi connectivity index (χ1n) is 17.3. The summed E-state index contributed by atoms with van der Waals surface area (Å²) in [6.07, 6.45) is 18.8. The molecule has 0 heterocycles. The van der Waals surface area contributed by atoms with Gasteiger partial charge in [-0.05, 0) is 134 Å². The molecule has 4 aliphatic carbocycles. The lowest BCUT2D eigenvalue weighted by molar-refractivity contribution is -0.283. The summed E-state index contributed by atoms with van der Waals surface area (Å²) < 4.78 is 6.44. The quantitative estimate of drug-likeness (QED) is 0.0753. The molecule has 9 unspecified atom stereocenters. The molecule has 1 aromatic carbocycles. The van der Waals surface area contributed by atoms with E-state index >= 15 is 0 Å². The van der Waals surface area contributed by atoms with Gasteiger partial charge < -0.3 is 16.2 Å². The number of hydrogen-bond donors (Lipinski definition) is 3. The van der Waals surface area contributed by atoms with E-state index in [1.54, 1.807) is 11.6 Å². The number of hydrogen-bond acceptors (Lipinski definition) is 5. The highest BCUT2D eigenvalue weighted by molar-refractivity contribution is 5.54. The van der Waals surface area contributed by atoms with Crippen molar-refractivity contribution in [3.63, 3.8) is 0 Å². The number of ether oxygens (including phenoxy) is 1. The molecule has 5 heteroatoms. The fourth-order valence-electron chi connectivity index (χ4n) is 10.5. The van der Waals surface area contributed by atoms with Gasteiger partial charge in [-0.25, -0.2) is 4.89 Å². The minimum absolute atomic E-state index is 0.300. The van der Waals surface area contributed by atoms with Crippen molar-refractivity contribution in [2.75, 3.05) is 18.1 Å². The van der Waals surface area contributed by atoms with Gasteiger partial charge in [0.1, 0.15) is 6.10 Å². The van der Waals surface area contributed by atoms with Crippen LogP contribution in [0.25, 0.3) is 0 Å². The molecule has 5 nitrogen and oxygen atoms in total. The third-order valence-corrected chi connectivity index (χ3v) is 12.7. The van der Waals surface area contributed by atoms with Crippen molar-refractivity contribution in [1.82, 2.24) is 0 Å². The monoisotopic (exact) mass is 580 g/mol. The minimum atomic E-state index is -0.442. The van der Waals surface area contributed by atoms with Crippen LogP contribution in [-0.2, 0) is 9.62 Å². The maximum Gasteiger partial charge on any atom is 0.118 e. The SMILES string of the molecule is CC(C)CCCC(C)C1CCC2C3CC=C4CC(OCCCC(OO)c5cc(N)cc(N)c5)CCC4(C)C3CCC12C. The Morgan fingerprint density at radius 1 is 0.905 bits per heavy atom. The van der Waals surface area contributed by atoms with Crippen LogP contribution in [0.1, 0.15) is 130 Å². The first-order chi connectivity index (χ1) is 20.0. The Morgan fingerprint density at radius 2 is 1.67 bits per heavy atom. The van der Waals surface area contributed by atoms with E-state index in [0.29, 0.717) is 41.3 Å². The first-order valence-corrected chi connectivity index (χ1v) is 17.3. The lowest BCUT2D eigenvalue weighted by atomic mass is 9.47. The summed E-state index contributed by atoms with van der Waals surface area (Å²) in [6, 6.07) is 5.35. The van der Waals surface area contributed by atoms with E-state index in [-0.39, 0.29) is 0 Å². The molecule has 4 aliphatic rings. The number of nitrogen functional groups attached to an aromatic ring is 2. The van der Waals surface area contributed by atoms with Crippen molar-refractivity contribution in [3.05, 3.63) is 35.4 Å². The second-order valence-corrected chi connectivity index (χ2v) is 15.7. The average Bonchev–Trinajstić information content (AvgIpc) is 3.29. The van der Waals surface area contributed by atoms with Crippen LogP contribution in [0.4, 0.5) is 11.4 Å². The van der Waals surface area contributed by atoms with E-state index in [4.69, 9.17) is 21.1 Å². The predicted octanol–water partition coefficient (Wildman–Crippen LogP) is 9.59. The van der Waals surface area contributed by atoms with Gasteiger partial charge in [0.05, 0.1) is 6.10 Å². The fourth-order valence-corrected chi connectivity index (χ4v) is 10.5. The molecule has 0 aromatic heterocycles. The van der Waals surface area contributed by atoms with Gasteiger partial charge in [0.15, 0.2) is 0 Å². The Labute approximate surface area is 256 Å². The molecule has 0 spiro atoms. The molecule has 3 fully saturated rings. The molecular formula is C37H60N2O3. The predicted molar refractivity (Wildman–Crippen MR) is 174 cm³/mol. The van der Waals surface area contributed by atoms with Gasteiger partial charge in [-0.3, -0.25) is 5.26 Å². The van der Waals surface area contributed by atoms with Gasteiger partial charge in [-0.1, -0.05) is 65.5 Å². The number of nitrogens with two attached hydrogens (primary N) is 2. The van der Waals surface area contributed by atoms with Crippen LogP contribution in [0.2, 0.25) is 0 Å². The number of rotatable bonds is 12. The Bertz CT molecular complexity index is 1070. The molecule has 236 valence electrons. The van der Waals surface area contributed by atoms with Crippen molar-refractivity contribution in [3.8, 4) is 0 Å². The maximum absolute atomic E-state index is 9.50. The van der Waals surface area contributed by atoms with E-state index < -0.39 is 6.10 Å². The third kappa shape index (κ3) is 6.44. The summed E-state index contributed by atoms with van der Waals surface area (Å²) >= 11 is 0. The highest BCUT2D eigenvalue weighted by Crippen LogP contribution is 2.67. The second kappa shape index (κ2) is 13.2. The molecule has 0 radical (unpaired) electrons. The van der Waals surface area contributed by atoms with Gasteiger partial charge >= 0.3 is 0 Å². The van der Waals surface area contributed by atoms with Crippen molar-refractivity contribution < 1.29 is 14.9 Å². The van der Waals surface area contributed by atoms with Crippen LogP contribution in [0.5, 0.6) is 0 Å². The van der Waals surface area contributed by atoms with E-state index in [0.717, 1.165) is 60.3 Å². The van der Waals surface area contributed by atoms with E-state index in [9.17, 15) is 5.26 Å². The third-order valence-electron chi connectivity index (χ3n) is 12.7. The Balaban J connectivity index is 1.14. The smallest absolute Gasteiger partial charge is 0.118 e. The first kappa shape index (κ1) is 31.9. The van der Waals surface area contributed by atoms with Gasteiger partial charge in [-0.2, -0.15) is 0 Å². The van der Waals surface area contributed by atoms with Crippen LogP contribution < -0.4 is 11.5 Å². The molecule has 9 atom stereocenters. The molecule has 0 bridgehead atoms. The highest BCUT2D eigenvalue weighted by Gasteiger charge is 2.59. The molecule has 5 rings (SSSR count). The van der Waals surface area contributed by atoms with Crippen molar-refractivity contribution in [1.29, 1.82) is 0 Å². The number of allylic oxidation sites excluding steroid dienone is 1. The molecular weight excluding hydrogens is 520 g/mol. The Hall–Kier alpha value is -1.56. The molecule has 0 aliphatic heterocycles.